The molecule has 1 aliphatic rings. The molecule has 0 aliphatic heterocycles. The maximum Gasteiger partial charge on any atom is 0.314 e. The van der Waals surface area contributed by atoms with Crippen molar-refractivity contribution in [2.24, 2.45) is 11.3 Å². The van der Waals surface area contributed by atoms with Crippen LogP contribution in [0.25, 0.3) is 0 Å². The molecule has 0 bridgehead atoms. The molecule has 0 spiro atoms. The Morgan fingerprint density at radius 1 is 1.25 bits per heavy atom. The average Bonchev–Trinajstić information content (AvgIpc) is 2.33. The van der Waals surface area contributed by atoms with Gasteiger partial charge in [0.2, 0.25) is 0 Å². The van der Waals surface area contributed by atoms with Crippen molar-refractivity contribution in [1.29, 1.82) is 0 Å². The fourth-order valence-electron chi connectivity index (χ4n) is 3.19. The number of hydrogen-bond donors (Lipinski definition) is 1. The van der Waals surface area contributed by atoms with E-state index in [0.29, 0.717) is 25.4 Å². The molecular formula is C17H24O3. The highest BCUT2D eigenvalue weighted by molar-refractivity contribution is 5.83. The second-order valence-electron chi connectivity index (χ2n) is 7.13. The van der Waals surface area contributed by atoms with Crippen LogP contribution in [-0.2, 0) is 10.2 Å². The van der Waals surface area contributed by atoms with Gasteiger partial charge in [-0.05, 0) is 41.9 Å². The van der Waals surface area contributed by atoms with Crippen molar-refractivity contribution in [3.8, 4) is 5.75 Å². The number of hydrogen-bond acceptors (Lipinski definition) is 2. The largest absolute Gasteiger partial charge is 0.493 e. The number of rotatable bonds is 5. The summed E-state index contributed by atoms with van der Waals surface area (Å²) in [6, 6.07) is 7.57. The van der Waals surface area contributed by atoms with Gasteiger partial charge in [-0.3, -0.25) is 4.79 Å². The summed E-state index contributed by atoms with van der Waals surface area (Å²) in [7, 11) is 0. The Labute approximate surface area is 121 Å². The van der Waals surface area contributed by atoms with Crippen LogP contribution in [0, 0.1) is 11.3 Å². The third-order valence-corrected chi connectivity index (χ3v) is 3.96. The van der Waals surface area contributed by atoms with Crippen LogP contribution in [0.1, 0.15) is 46.1 Å². The van der Waals surface area contributed by atoms with E-state index < -0.39 is 11.4 Å². The van der Waals surface area contributed by atoms with Crippen molar-refractivity contribution in [2.75, 3.05) is 6.61 Å². The van der Waals surface area contributed by atoms with Crippen LogP contribution in [0.2, 0.25) is 0 Å². The van der Waals surface area contributed by atoms with Crippen molar-refractivity contribution >= 4 is 5.97 Å². The van der Waals surface area contributed by atoms with E-state index in [1.165, 1.54) is 0 Å². The summed E-state index contributed by atoms with van der Waals surface area (Å²) < 4.78 is 5.64. The molecule has 110 valence electrons. The van der Waals surface area contributed by atoms with Crippen LogP contribution in [0.3, 0.4) is 0 Å². The van der Waals surface area contributed by atoms with Crippen molar-refractivity contribution < 1.29 is 14.6 Å². The molecule has 0 atom stereocenters. The second-order valence-corrected chi connectivity index (χ2v) is 7.13. The highest BCUT2D eigenvalue weighted by Gasteiger charge is 2.55. The van der Waals surface area contributed by atoms with Gasteiger partial charge in [0, 0.05) is 0 Å². The third-order valence-electron chi connectivity index (χ3n) is 3.96. The van der Waals surface area contributed by atoms with E-state index in [1.54, 1.807) is 0 Å². The van der Waals surface area contributed by atoms with E-state index in [-0.39, 0.29) is 5.41 Å². The summed E-state index contributed by atoms with van der Waals surface area (Å²) in [5.41, 5.74) is 0.298. The minimum absolute atomic E-state index is 0.116. The lowest BCUT2D eigenvalue weighted by Crippen LogP contribution is -2.52. The Bertz CT molecular complexity index is 477. The van der Waals surface area contributed by atoms with Gasteiger partial charge in [-0.15, -0.1) is 0 Å². The fourth-order valence-corrected chi connectivity index (χ4v) is 3.19. The Morgan fingerprint density at radius 3 is 2.20 bits per heavy atom. The van der Waals surface area contributed by atoms with E-state index in [4.69, 9.17) is 4.74 Å². The van der Waals surface area contributed by atoms with E-state index in [9.17, 15) is 9.90 Å². The Morgan fingerprint density at radius 2 is 1.80 bits per heavy atom. The smallest absolute Gasteiger partial charge is 0.314 e. The van der Waals surface area contributed by atoms with Crippen molar-refractivity contribution in [2.45, 2.75) is 46.0 Å². The van der Waals surface area contributed by atoms with Crippen LogP contribution in [0.4, 0.5) is 0 Å². The number of carboxylic acids is 1. The Kier molecular flexibility index (Phi) is 3.81. The number of aliphatic carboxylic acids is 1. The highest BCUT2D eigenvalue weighted by Crippen LogP contribution is 2.55. The summed E-state index contributed by atoms with van der Waals surface area (Å²) in [6.45, 7) is 9.12. The molecule has 0 saturated heterocycles. The first kappa shape index (κ1) is 14.9. The number of carbonyl (C=O) groups is 1. The molecule has 0 radical (unpaired) electrons. The molecule has 1 N–H and O–H groups in total. The zero-order valence-electron chi connectivity index (χ0n) is 12.8. The van der Waals surface area contributed by atoms with Gasteiger partial charge in [0.1, 0.15) is 5.75 Å². The van der Waals surface area contributed by atoms with Gasteiger partial charge < -0.3 is 9.84 Å². The summed E-state index contributed by atoms with van der Waals surface area (Å²) in [5.74, 6) is 0.571. The second kappa shape index (κ2) is 5.12. The molecule has 0 unspecified atom stereocenters. The molecule has 1 saturated carbocycles. The van der Waals surface area contributed by atoms with Crippen molar-refractivity contribution in [1.82, 2.24) is 0 Å². The average molecular weight is 276 g/mol. The molecule has 3 heteroatoms. The van der Waals surface area contributed by atoms with E-state index in [0.717, 1.165) is 11.3 Å². The van der Waals surface area contributed by atoms with Gasteiger partial charge in [-0.2, -0.15) is 0 Å². The summed E-state index contributed by atoms with van der Waals surface area (Å²) in [6.07, 6.45) is 1.39. The SMILES string of the molecule is CC(C)COc1ccc(C2(C(=O)O)CC(C)(C)C2)cc1. The highest BCUT2D eigenvalue weighted by atomic mass is 16.5. The van der Waals surface area contributed by atoms with E-state index >= 15 is 0 Å². The molecule has 1 fully saturated rings. The number of carboxylic acid groups (broad SMARTS) is 1. The maximum atomic E-state index is 11.7. The molecule has 3 nitrogen and oxygen atoms in total. The van der Waals surface area contributed by atoms with Crippen LogP contribution < -0.4 is 4.74 Å². The van der Waals surface area contributed by atoms with E-state index in [1.807, 2.05) is 24.3 Å². The molecule has 1 aliphatic carbocycles. The lowest BCUT2D eigenvalue weighted by Gasteiger charge is -2.50. The Hall–Kier alpha value is -1.51. The monoisotopic (exact) mass is 276 g/mol. The minimum Gasteiger partial charge on any atom is -0.493 e. The van der Waals surface area contributed by atoms with Crippen LogP contribution in [0.15, 0.2) is 24.3 Å². The van der Waals surface area contributed by atoms with Gasteiger partial charge in [0.05, 0.1) is 12.0 Å². The Balaban J connectivity index is 2.14. The normalized spacial score (nSPS) is 19.4. The zero-order valence-corrected chi connectivity index (χ0v) is 12.8. The topological polar surface area (TPSA) is 46.5 Å². The molecule has 0 aromatic heterocycles. The fraction of sp³-hybridized carbons (Fsp3) is 0.588. The molecular weight excluding hydrogens is 252 g/mol. The zero-order chi connectivity index (χ0) is 15.0. The first-order valence-corrected chi connectivity index (χ1v) is 7.22. The van der Waals surface area contributed by atoms with Gasteiger partial charge >= 0.3 is 5.97 Å². The van der Waals surface area contributed by atoms with Gasteiger partial charge in [-0.1, -0.05) is 39.8 Å². The summed E-state index contributed by atoms with van der Waals surface area (Å²) in [5, 5.41) is 9.58. The van der Waals surface area contributed by atoms with Crippen LogP contribution >= 0.6 is 0 Å². The van der Waals surface area contributed by atoms with Gasteiger partial charge in [0.25, 0.3) is 0 Å². The van der Waals surface area contributed by atoms with Gasteiger partial charge in [0.15, 0.2) is 0 Å². The van der Waals surface area contributed by atoms with Crippen molar-refractivity contribution in [3.05, 3.63) is 29.8 Å². The standard InChI is InChI=1S/C17H24O3/c1-12(2)9-20-14-7-5-13(6-8-14)17(15(18)19)10-16(3,4)11-17/h5-8,12H,9-11H2,1-4H3,(H,18,19). The maximum absolute atomic E-state index is 11.7. The molecule has 0 heterocycles. The van der Waals surface area contributed by atoms with Gasteiger partial charge in [-0.25, -0.2) is 0 Å². The van der Waals surface area contributed by atoms with Crippen LogP contribution in [-0.4, -0.2) is 17.7 Å². The predicted molar refractivity (Wildman–Crippen MR) is 79.1 cm³/mol. The summed E-state index contributed by atoms with van der Waals surface area (Å²) >= 11 is 0. The predicted octanol–water partition coefficient (Wildman–Crippen LogP) is 3.86. The number of benzene rings is 1. The quantitative estimate of drug-likeness (QED) is 0.888. The lowest BCUT2D eigenvalue weighted by atomic mass is 9.52. The minimum atomic E-state index is -0.715. The lowest BCUT2D eigenvalue weighted by molar-refractivity contribution is -0.153. The first-order chi connectivity index (χ1) is 9.25. The van der Waals surface area contributed by atoms with Crippen molar-refractivity contribution in [3.63, 3.8) is 0 Å². The third kappa shape index (κ3) is 2.82. The molecule has 1 aromatic carbocycles. The molecule has 2 rings (SSSR count). The van der Waals surface area contributed by atoms with E-state index in [2.05, 4.69) is 27.7 Å². The molecule has 1 aromatic rings. The van der Waals surface area contributed by atoms with Crippen LogP contribution in [0.5, 0.6) is 5.75 Å². The summed E-state index contributed by atoms with van der Waals surface area (Å²) in [4.78, 5) is 11.7. The molecule has 20 heavy (non-hydrogen) atoms. The first-order valence-electron chi connectivity index (χ1n) is 7.22. The molecule has 0 amide bonds. The number of ether oxygens (including phenoxy) is 1.